The van der Waals surface area contributed by atoms with Gasteiger partial charge in [-0.25, -0.2) is 9.97 Å². The van der Waals surface area contributed by atoms with Crippen molar-refractivity contribution in [3.63, 3.8) is 0 Å². The van der Waals surface area contributed by atoms with Crippen LogP contribution in [-0.4, -0.2) is 40.6 Å². The molecule has 27 heavy (non-hydrogen) atoms. The van der Waals surface area contributed by atoms with Crippen molar-refractivity contribution in [2.45, 2.75) is 18.2 Å². The highest BCUT2D eigenvalue weighted by atomic mass is 32.2. The Morgan fingerprint density at radius 2 is 1.74 bits per heavy atom. The van der Waals surface area contributed by atoms with Crippen molar-refractivity contribution in [3.8, 4) is 22.8 Å². The van der Waals surface area contributed by atoms with Crippen molar-refractivity contribution in [2.24, 2.45) is 0 Å². The summed E-state index contributed by atoms with van der Waals surface area (Å²) >= 11 is 1.42. The Balaban J connectivity index is 1.60. The van der Waals surface area contributed by atoms with E-state index in [4.69, 9.17) is 9.47 Å². The van der Waals surface area contributed by atoms with Crippen LogP contribution >= 0.6 is 11.8 Å². The highest BCUT2D eigenvalue weighted by Gasteiger charge is 2.10. The second kappa shape index (κ2) is 9.39. The first-order valence-electron chi connectivity index (χ1n) is 8.63. The van der Waals surface area contributed by atoms with Crippen LogP contribution in [0.25, 0.3) is 11.3 Å². The molecule has 0 spiro atoms. The predicted octanol–water partition coefficient (Wildman–Crippen LogP) is 3.99. The van der Waals surface area contributed by atoms with Gasteiger partial charge in [0.15, 0.2) is 5.16 Å². The van der Waals surface area contributed by atoms with Crippen molar-refractivity contribution < 1.29 is 14.6 Å². The van der Waals surface area contributed by atoms with Crippen LogP contribution in [0.15, 0.2) is 65.8 Å². The largest absolute Gasteiger partial charge is 0.497 e. The summed E-state index contributed by atoms with van der Waals surface area (Å²) in [6, 6.07) is 19.2. The van der Waals surface area contributed by atoms with Gasteiger partial charge in [-0.05, 0) is 49.4 Å². The van der Waals surface area contributed by atoms with Gasteiger partial charge >= 0.3 is 0 Å². The van der Waals surface area contributed by atoms with E-state index in [0.29, 0.717) is 10.9 Å². The van der Waals surface area contributed by atoms with Gasteiger partial charge in [-0.2, -0.15) is 0 Å². The Labute approximate surface area is 163 Å². The molecule has 0 aliphatic rings. The number of para-hydroxylation sites is 1. The SMILES string of the molecule is COc1ccc(-c2cc(C)nc(SCC(O)COc3ccccc3)n2)cc1. The minimum Gasteiger partial charge on any atom is -0.497 e. The van der Waals surface area contributed by atoms with Gasteiger partial charge in [0.05, 0.1) is 18.9 Å². The molecule has 0 fully saturated rings. The second-order valence-electron chi connectivity index (χ2n) is 5.99. The summed E-state index contributed by atoms with van der Waals surface area (Å²) in [6.45, 7) is 2.17. The second-order valence-corrected chi connectivity index (χ2v) is 6.98. The molecule has 0 aliphatic carbocycles. The zero-order valence-electron chi connectivity index (χ0n) is 15.3. The summed E-state index contributed by atoms with van der Waals surface area (Å²) in [6.07, 6.45) is -0.608. The summed E-state index contributed by atoms with van der Waals surface area (Å²) in [4.78, 5) is 9.07. The summed E-state index contributed by atoms with van der Waals surface area (Å²) in [7, 11) is 1.64. The van der Waals surface area contributed by atoms with E-state index in [1.54, 1.807) is 7.11 Å². The molecule has 0 aliphatic heterocycles. The number of thioether (sulfide) groups is 1. The van der Waals surface area contributed by atoms with Gasteiger partial charge in [0.2, 0.25) is 0 Å². The zero-order chi connectivity index (χ0) is 19.1. The van der Waals surface area contributed by atoms with Gasteiger partial charge in [-0.1, -0.05) is 30.0 Å². The molecule has 0 radical (unpaired) electrons. The van der Waals surface area contributed by atoms with Crippen LogP contribution in [-0.2, 0) is 0 Å². The minimum atomic E-state index is -0.608. The fourth-order valence-electron chi connectivity index (χ4n) is 2.44. The van der Waals surface area contributed by atoms with E-state index in [1.165, 1.54) is 11.8 Å². The fraction of sp³-hybridized carbons (Fsp3) is 0.238. The molecular formula is C21H22N2O3S. The quantitative estimate of drug-likeness (QED) is 0.469. The number of nitrogens with zero attached hydrogens (tertiary/aromatic N) is 2. The molecule has 1 aromatic heterocycles. The van der Waals surface area contributed by atoms with Crippen molar-refractivity contribution in [1.29, 1.82) is 0 Å². The van der Waals surface area contributed by atoms with Crippen LogP contribution in [0.3, 0.4) is 0 Å². The molecule has 3 aromatic rings. The van der Waals surface area contributed by atoms with Crippen molar-refractivity contribution in [1.82, 2.24) is 9.97 Å². The monoisotopic (exact) mass is 382 g/mol. The molecule has 3 rings (SSSR count). The smallest absolute Gasteiger partial charge is 0.188 e. The molecule has 0 amide bonds. The van der Waals surface area contributed by atoms with Gasteiger partial charge in [-0.3, -0.25) is 0 Å². The number of hydrogen-bond donors (Lipinski definition) is 1. The van der Waals surface area contributed by atoms with Gasteiger partial charge in [-0.15, -0.1) is 0 Å². The molecule has 1 atom stereocenters. The van der Waals surface area contributed by atoms with Gasteiger partial charge in [0.1, 0.15) is 18.1 Å². The van der Waals surface area contributed by atoms with E-state index in [9.17, 15) is 5.11 Å². The average molecular weight is 382 g/mol. The molecule has 2 aromatic carbocycles. The van der Waals surface area contributed by atoms with E-state index < -0.39 is 6.10 Å². The molecule has 5 nitrogen and oxygen atoms in total. The highest BCUT2D eigenvalue weighted by molar-refractivity contribution is 7.99. The molecule has 140 valence electrons. The number of benzene rings is 2. The highest BCUT2D eigenvalue weighted by Crippen LogP contribution is 2.24. The van der Waals surface area contributed by atoms with Crippen LogP contribution in [0.4, 0.5) is 0 Å². The maximum absolute atomic E-state index is 10.2. The van der Waals surface area contributed by atoms with E-state index in [1.807, 2.05) is 67.6 Å². The fourth-order valence-corrected chi connectivity index (χ4v) is 3.25. The number of aliphatic hydroxyl groups excluding tert-OH is 1. The van der Waals surface area contributed by atoms with Crippen LogP contribution in [0.2, 0.25) is 0 Å². The van der Waals surface area contributed by atoms with Gasteiger partial charge in [0.25, 0.3) is 0 Å². The Kier molecular flexibility index (Phi) is 6.68. The van der Waals surface area contributed by atoms with E-state index in [2.05, 4.69) is 9.97 Å². The lowest BCUT2D eigenvalue weighted by Crippen LogP contribution is -2.20. The standard InChI is InChI=1S/C21H22N2O3S/c1-15-12-20(16-8-10-18(25-2)11-9-16)23-21(22-15)27-14-17(24)13-26-19-6-4-3-5-7-19/h3-12,17,24H,13-14H2,1-2H3. The summed E-state index contributed by atoms with van der Waals surface area (Å²) in [5.74, 6) is 2.01. The maximum atomic E-state index is 10.2. The van der Waals surface area contributed by atoms with E-state index in [-0.39, 0.29) is 6.61 Å². The Morgan fingerprint density at radius 3 is 2.44 bits per heavy atom. The molecule has 1 N–H and O–H groups in total. The number of aliphatic hydroxyl groups is 1. The number of aryl methyl sites for hydroxylation is 1. The van der Waals surface area contributed by atoms with Crippen molar-refractivity contribution in [3.05, 3.63) is 66.4 Å². The van der Waals surface area contributed by atoms with Crippen LogP contribution in [0.5, 0.6) is 11.5 Å². The zero-order valence-corrected chi connectivity index (χ0v) is 16.1. The van der Waals surface area contributed by atoms with Gasteiger partial charge in [0, 0.05) is 17.0 Å². The molecule has 0 saturated carbocycles. The summed E-state index contributed by atoms with van der Waals surface area (Å²) in [5.41, 5.74) is 2.73. The number of rotatable bonds is 8. The topological polar surface area (TPSA) is 64.5 Å². The third kappa shape index (κ3) is 5.70. The Bertz CT molecular complexity index is 857. The van der Waals surface area contributed by atoms with Crippen LogP contribution in [0.1, 0.15) is 5.69 Å². The molecule has 0 bridgehead atoms. The number of hydrogen-bond acceptors (Lipinski definition) is 6. The molecule has 6 heteroatoms. The molecule has 0 saturated heterocycles. The first-order chi connectivity index (χ1) is 13.1. The summed E-state index contributed by atoms with van der Waals surface area (Å²) in [5, 5.41) is 10.8. The van der Waals surface area contributed by atoms with Crippen LogP contribution < -0.4 is 9.47 Å². The first-order valence-corrected chi connectivity index (χ1v) is 9.61. The van der Waals surface area contributed by atoms with Gasteiger partial charge < -0.3 is 14.6 Å². The summed E-state index contributed by atoms with van der Waals surface area (Å²) < 4.78 is 10.8. The third-order valence-electron chi connectivity index (χ3n) is 3.81. The minimum absolute atomic E-state index is 0.230. The lowest BCUT2D eigenvalue weighted by molar-refractivity contribution is 0.126. The lowest BCUT2D eigenvalue weighted by Gasteiger charge is -2.12. The maximum Gasteiger partial charge on any atom is 0.188 e. The van der Waals surface area contributed by atoms with E-state index >= 15 is 0 Å². The normalized spacial score (nSPS) is 11.8. The molecular weight excluding hydrogens is 360 g/mol. The predicted molar refractivity (Wildman–Crippen MR) is 107 cm³/mol. The molecule has 1 heterocycles. The van der Waals surface area contributed by atoms with Crippen LogP contribution in [0, 0.1) is 6.92 Å². The number of methoxy groups -OCH3 is 1. The number of aromatic nitrogens is 2. The van der Waals surface area contributed by atoms with E-state index in [0.717, 1.165) is 28.5 Å². The first kappa shape index (κ1) is 19.2. The Hall–Kier alpha value is -2.57. The van der Waals surface area contributed by atoms with Crippen molar-refractivity contribution in [2.75, 3.05) is 19.5 Å². The average Bonchev–Trinajstić information content (AvgIpc) is 2.71. The Morgan fingerprint density at radius 1 is 1.00 bits per heavy atom. The molecule has 1 unspecified atom stereocenters. The van der Waals surface area contributed by atoms with Crippen molar-refractivity contribution >= 4 is 11.8 Å². The number of ether oxygens (including phenoxy) is 2. The lowest BCUT2D eigenvalue weighted by atomic mass is 10.1. The third-order valence-corrected chi connectivity index (χ3v) is 4.80.